The number of aliphatic carboxylic acids is 1. The Balaban J connectivity index is 1.97. The van der Waals surface area contributed by atoms with Crippen molar-refractivity contribution in [2.75, 3.05) is 6.54 Å². The monoisotopic (exact) mass is 211 g/mol. The third-order valence-electron chi connectivity index (χ3n) is 3.83. The quantitative estimate of drug-likeness (QED) is 0.760. The van der Waals surface area contributed by atoms with E-state index in [2.05, 4.69) is 0 Å². The van der Waals surface area contributed by atoms with Crippen molar-refractivity contribution < 1.29 is 14.7 Å². The minimum absolute atomic E-state index is 0.0156. The molecule has 15 heavy (non-hydrogen) atoms. The molecule has 2 fully saturated rings. The maximum atomic E-state index is 11.6. The number of amides is 1. The van der Waals surface area contributed by atoms with E-state index in [1.165, 1.54) is 19.3 Å². The van der Waals surface area contributed by atoms with Gasteiger partial charge in [0.2, 0.25) is 5.91 Å². The zero-order valence-corrected chi connectivity index (χ0v) is 8.98. The van der Waals surface area contributed by atoms with Crippen molar-refractivity contribution in [2.45, 2.75) is 38.6 Å². The molecule has 1 N–H and O–H groups in total. The second-order valence-electron chi connectivity index (χ2n) is 4.72. The molecule has 0 spiro atoms. The zero-order chi connectivity index (χ0) is 11.0. The Morgan fingerprint density at radius 3 is 2.60 bits per heavy atom. The molecule has 2 aliphatic rings. The number of hydrogen-bond acceptors (Lipinski definition) is 2. The van der Waals surface area contributed by atoms with Crippen molar-refractivity contribution in [3.05, 3.63) is 0 Å². The van der Waals surface area contributed by atoms with Gasteiger partial charge in [0.05, 0.1) is 5.92 Å². The molecular formula is C11H17NO3. The average molecular weight is 211 g/mol. The van der Waals surface area contributed by atoms with Gasteiger partial charge in [-0.15, -0.1) is 0 Å². The van der Waals surface area contributed by atoms with Crippen LogP contribution in [-0.4, -0.2) is 34.5 Å². The predicted molar refractivity (Wildman–Crippen MR) is 54.3 cm³/mol. The van der Waals surface area contributed by atoms with Crippen LogP contribution in [0.5, 0.6) is 0 Å². The maximum Gasteiger partial charge on any atom is 0.308 e. The fraction of sp³-hybridized carbons (Fsp3) is 0.818. The summed E-state index contributed by atoms with van der Waals surface area (Å²) >= 11 is 0. The van der Waals surface area contributed by atoms with Crippen LogP contribution in [0.2, 0.25) is 0 Å². The van der Waals surface area contributed by atoms with E-state index in [1.54, 1.807) is 4.90 Å². The summed E-state index contributed by atoms with van der Waals surface area (Å²) in [6.07, 6.45) is 3.80. The molecule has 0 radical (unpaired) electrons. The average Bonchev–Trinajstić information content (AvgIpc) is 2.44. The number of hydrogen-bond donors (Lipinski definition) is 1. The summed E-state index contributed by atoms with van der Waals surface area (Å²) in [4.78, 5) is 24.2. The molecule has 2 rings (SSSR count). The molecule has 4 nitrogen and oxygen atoms in total. The summed E-state index contributed by atoms with van der Waals surface area (Å²) in [6.45, 7) is 2.46. The smallest absolute Gasteiger partial charge is 0.308 e. The van der Waals surface area contributed by atoms with Crippen molar-refractivity contribution in [1.82, 2.24) is 4.90 Å². The molecule has 0 aromatic heterocycles. The van der Waals surface area contributed by atoms with E-state index >= 15 is 0 Å². The van der Waals surface area contributed by atoms with Crippen LogP contribution in [0.1, 0.15) is 32.6 Å². The molecule has 1 aliphatic heterocycles. The lowest BCUT2D eigenvalue weighted by atomic mass is 9.80. The van der Waals surface area contributed by atoms with Crippen LogP contribution in [0.3, 0.4) is 0 Å². The van der Waals surface area contributed by atoms with Crippen LogP contribution in [0, 0.1) is 11.8 Å². The number of carboxylic acids is 1. The first-order chi connectivity index (χ1) is 7.09. The lowest BCUT2D eigenvalue weighted by molar-refractivity contribution is -0.141. The van der Waals surface area contributed by atoms with Gasteiger partial charge in [0.1, 0.15) is 0 Å². The molecule has 1 heterocycles. The highest BCUT2D eigenvalue weighted by atomic mass is 16.4. The fourth-order valence-electron chi connectivity index (χ4n) is 2.47. The molecule has 1 amide bonds. The first kappa shape index (κ1) is 10.5. The maximum absolute atomic E-state index is 11.6. The van der Waals surface area contributed by atoms with E-state index < -0.39 is 11.9 Å². The molecule has 0 aromatic rings. The van der Waals surface area contributed by atoms with Gasteiger partial charge in [-0.05, 0) is 25.7 Å². The molecule has 2 unspecified atom stereocenters. The number of rotatable bonds is 3. The summed E-state index contributed by atoms with van der Waals surface area (Å²) < 4.78 is 0. The summed E-state index contributed by atoms with van der Waals surface area (Å²) in [5.41, 5.74) is 0. The van der Waals surface area contributed by atoms with Gasteiger partial charge in [-0.1, -0.05) is 6.42 Å². The Bertz CT molecular complexity index is 286. The van der Waals surface area contributed by atoms with Crippen molar-refractivity contribution in [3.63, 3.8) is 0 Å². The van der Waals surface area contributed by atoms with Gasteiger partial charge in [0.25, 0.3) is 0 Å². The summed E-state index contributed by atoms with van der Waals surface area (Å²) in [7, 11) is 0. The van der Waals surface area contributed by atoms with Crippen LogP contribution >= 0.6 is 0 Å². The SMILES string of the molecule is CC(C1CCC1)N1CC(C(=O)O)CC1=O. The molecule has 84 valence electrons. The van der Waals surface area contributed by atoms with Crippen LogP contribution in [0.25, 0.3) is 0 Å². The van der Waals surface area contributed by atoms with Gasteiger partial charge in [0, 0.05) is 19.0 Å². The third kappa shape index (κ3) is 1.85. The molecular weight excluding hydrogens is 194 g/mol. The Morgan fingerprint density at radius 2 is 2.20 bits per heavy atom. The predicted octanol–water partition coefficient (Wildman–Crippen LogP) is 1.11. The molecule has 4 heteroatoms. The van der Waals surface area contributed by atoms with Crippen LogP contribution in [0.4, 0.5) is 0 Å². The topological polar surface area (TPSA) is 57.6 Å². The van der Waals surface area contributed by atoms with Crippen molar-refractivity contribution in [2.24, 2.45) is 11.8 Å². The van der Waals surface area contributed by atoms with E-state index in [4.69, 9.17) is 5.11 Å². The van der Waals surface area contributed by atoms with Crippen LogP contribution < -0.4 is 0 Å². The highest BCUT2D eigenvalue weighted by Crippen LogP contribution is 2.34. The first-order valence-electron chi connectivity index (χ1n) is 5.62. The van der Waals surface area contributed by atoms with Gasteiger partial charge in [-0.25, -0.2) is 0 Å². The van der Waals surface area contributed by atoms with E-state index in [9.17, 15) is 9.59 Å². The number of nitrogens with zero attached hydrogens (tertiary/aromatic N) is 1. The molecule has 0 aromatic carbocycles. The highest BCUT2D eigenvalue weighted by molar-refractivity contribution is 5.86. The second-order valence-corrected chi connectivity index (χ2v) is 4.72. The summed E-state index contributed by atoms with van der Waals surface area (Å²) in [5.74, 6) is -0.713. The van der Waals surface area contributed by atoms with E-state index in [0.29, 0.717) is 12.5 Å². The van der Waals surface area contributed by atoms with Crippen molar-refractivity contribution in [3.8, 4) is 0 Å². The number of carboxylic acid groups (broad SMARTS) is 1. The number of carbonyl (C=O) groups is 2. The van der Waals surface area contributed by atoms with Crippen molar-refractivity contribution >= 4 is 11.9 Å². The molecule has 1 aliphatic carbocycles. The Hall–Kier alpha value is -1.06. The molecule has 1 saturated carbocycles. The minimum Gasteiger partial charge on any atom is -0.481 e. The van der Waals surface area contributed by atoms with Gasteiger partial charge < -0.3 is 10.0 Å². The number of likely N-dealkylation sites (tertiary alicyclic amines) is 1. The van der Waals surface area contributed by atoms with Crippen LogP contribution in [0.15, 0.2) is 0 Å². The van der Waals surface area contributed by atoms with Crippen LogP contribution in [-0.2, 0) is 9.59 Å². The Kier molecular flexibility index (Phi) is 2.67. The van der Waals surface area contributed by atoms with Gasteiger partial charge >= 0.3 is 5.97 Å². The summed E-state index contributed by atoms with van der Waals surface area (Å²) in [5, 5.41) is 8.86. The Labute approximate surface area is 89.3 Å². The van der Waals surface area contributed by atoms with E-state index in [-0.39, 0.29) is 18.4 Å². The van der Waals surface area contributed by atoms with Crippen molar-refractivity contribution in [1.29, 1.82) is 0 Å². The number of carbonyl (C=O) groups excluding carboxylic acids is 1. The van der Waals surface area contributed by atoms with E-state index in [0.717, 1.165) is 0 Å². The largest absolute Gasteiger partial charge is 0.481 e. The fourth-order valence-corrected chi connectivity index (χ4v) is 2.47. The molecule has 2 atom stereocenters. The lowest BCUT2D eigenvalue weighted by Crippen LogP contribution is -2.42. The lowest BCUT2D eigenvalue weighted by Gasteiger charge is -2.37. The zero-order valence-electron chi connectivity index (χ0n) is 8.98. The summed E-state index contributed by atoms with van der Waals surface area (Å²) in [6, 6.07) is 0.232. The van der Waals surface area contributed by atoms with Gasteiger partial charge in [0.15, 0.2) is 0 Å². The third-order valence-corrected chi connectivity index (χ3v) is 3.83. The van der Waals surface area contributed by atoms with Gasteiger partial charge in [-0.2, -0.15) is 0 Å². The minimum atomic E-state index is -0.841. The first-order valence-corrected chi connectivity index (χ1v) is 5.62. The standard InChI is InChI=1S/C11H17NO3/c1-7(8-3-2-4-8)12-6-9(11(14)15)5-10(12)13/h7-9H,2-6H2,1H3,(H,14,15). The molecule has 1 saturated heterocycles. The normalized spacial score (nSPS) is 29.0. The second kappa shape index (κ2) is 3.83. The highest BCUT2D eigenvalue weighted by Gasteiger charge is 2.39. The molecule has 0 bridgehead atoms. The Morgan fingerprint density at radius 1 is 1.53 bits per heavy atom. The van der Waals surface area contributed by atoms with Gasteiger partial charge in [-0.3, -0.25) is 9.59 Å². The van der Waals surface area contributed by atoms with E-state index in [1.807, 2.05) is 6.92 Å².